The number of hydrogen-bond donors (Lipinski definition) is 1. The summed E-state index contributed by atoms with van der Waals surface area (Å²) in [6, 6.07) is 0. The molecule has 0 bridgehead atoms. The molecule has 1 heteroatoms. The molecule has 1 rings (SSSR count). The number of allylic oxidation sites excluding steroid dienone is 2. The van der Waals surface area contributed by atoms with Crippen molar-refractivity contribution < 1.29 is 5.11 Å². The average Bonchev–Trinajstić information content (AvgIpc) is 2.04. The molecule has 11 heavy (non-hydrogen) atoms. The van der Waals surface area contributed by atoms with E-state index >= 15 is 0 Å². The summed E-state index contributed by atoms with van der Waals surface area (Å²) in [6.07, 6.45) is 9.06. The lowest BCUT2D eigenvalue weighted by Crippen LogP contribution is -2.28. The quantitative estimate of drug-likeness (QED) is 0.598. The van der Waals surface area contributed by atoms with E-state index in [-0.39, 0.29) is 0 Å². The molecular formula is C10H14O. The van der Waals surface area contributed by atoms with Gasteiger partial charge in [-0.2, -0.15) is 0 Å². The van der Waals surface area contributed by atoms with Gasteiger partial charge in [0.25, 0.3) is 0 Å². The van der Waals surface area contributed by atoms with Crippen molar-refractivity contribution in [2.75, 3.05) is 0 Å². The van der Waals surface area contributed by atoms with Crippen LogP contribution in [0.1, 0.15) is 19.8 Å². The van der Waals surface area contributed by atoms with Crippen molar-refractivity contribution in [3.05, 3.63) is 36.5 Å². The summed E-state index contributed by atoms with van der Waals surface area (Å²) in [6.45, 7) is 5.84. The highest BCUT2D eigenvalue weighted by Crippen LogP contribution is 2.26. The van der Waals surface area contributed by atoms with Gasteiger partial charge in [-0.1, -0.05) is 31.7 Å². The molecule has 0 spiro atoms. The lowest BCUT2D eigenvalue weighted by atomic mass is 9.87. The van der Waals surface area contributed by atoms with Crippen LogP contribution in [-0.4, -0.2) is 10.7 Å². The Labute approximate surface area is 67.7 Å². The minimum atomic E-state index is -0.774. The van der Waals surface area contributed by atoms with E-state index in [2.05, 4.69) is 6.58 Å². The van der Waals surface area contributed by atoms with Gasteiger partial charge in [0.1, 0.15) is 5.60 Å². The zero-order valence-electron chi connectivity index (χ0n) is 6.88. The Morgan fingerprint density at radius 2 is 2.36 bits per heavy atom. The Bertz CT molecular complexity index is 213. The molecule has 60 valence electrons. The molecule has 0 aromatic carbocycles. The van der Waals surface area contributed by atoms with Gasteiger partial charge in [-0.3, -0.25) is 0 Å². The lowest BCUT2D eigenvalue weighted by molar-refractivity contribution is 0.129. The van der Waals surface area contributed by atoms with Crippen molar-refractivity contribution in [1.82, 2.24) is 0 Å². The molecule has 0 aromatic rings. The predicted octanol–water partition coefficient (Wildman–Crippen LogP) is 2.20. The molecule has 0 heterocycles. The minimum Gasteiger partial charge on any atom is -0.381 e. The molecule has 0 amide bonds. The number of hydrogen-bond acceptors (Lipinski definition) is 1. The van der Waals surface area contributed by atoms with Crippen LogP contribution in [0.5, 0.6) is 0 Å². The van der Waals surface area contributed by atoms with Crippen molar-refractivity contribution in [1.29, 1.82) is 0 Å². The summed E-state index contributed by atoms with van der Waals surface area (Å²) < 4.78 is 0. The Kier molecular flexibility index (Phi) is 2.30. The maximum Gasteiger partial charge on any atom is 0.107 e. The third-order valence-electron chi connectivity index (χ3n) is 2.09. The highest BCUT2D eigenvalue weighted by atomic mass is 16.3. The summed E-state index contributed by atoms with van der Waals surface area (Å²) in [5.41, 5.74) is 0.113. The third kappa shape index (κ3) is 1.60. The van der Waals surface area contributed by atoms with Crippen LogP contribution in [0.4, 0.5) is 0 Å². The molecule has 0 saturated heterocycles. The summed E-state index contributed by atoms with van der Waals surface area (Å²) in [4.78, 5) is 0. The van der Waals surface area contributed by atoms with Gasteiger partial charge in [-0.15, -0.1) is 0 Å². The number of aliphatic hydroxyl groups is 1. The van der Waals surface area contributed by atoms with Crippen LogP contribution in [0.15, 0.2) is 36.5 Å². The summed E-state index contributed by atoms with van der Waals surface area (Å²) in [5.74, 6) is 0. The summed E-state index contributed by atoms with van der Waals surface area (Å²) >= 11 is 0. The van der Waals surface area contributed by atoms with Crippen LogP contribution in [0.3, 0.4) is 0 Å². The minimum absolute atomic E-state index is 0.663. The molecule has 1 aliphatic carbocycles. The Balaban J connectivity index is 2.75. The van der Waals surface area contributed by atoms with E-state index in [1.54, 1.807) is 6.08 Å². The average molecular weight is 150 g/mol. The van der Waals surface area contributed by atoms with E-state index in [1.807, 2.05) is 25.2 Å². The first-order valence-corrected chi connectivity index (χ1v) is 3.94. The van der Waals surface area contributed by atoms with Crippen molar-refractivity contribution in [2.24, 2.45) is 0 Å². The molecule has 1 aliphatic rings. The van der Waals surface area contributed by atoms with Gasteiger partial charge >= 0.3 is 0 Å². The smallest absolute Gasteiger partial charge is 0.107 e. The largest absolute Gasteiger partial charge is 0.381 e. The number of rotatable bonds is 2. The molecule has 1 atom stereocenters. The lowest BCUT2D eigenvalue weighted by Gasteiger charge is -2.26. The maximum absolute atomic E-state index is 9.90. The monoisotopic (exact) mass is 150 g/mol. The first-order valence-electron chi connectivity index (χ1n) is 3.94. The second-order valence-electron chi connectivity index (χ2n) is 2.87. The fourth-order valence-corrected chi connectivity index (χ4v) is 1.18. The van der Waals surface area contributed by atoms with Gasteiger partial charge in [0.15, 0.2) is 0 Å². The fraction of sp³-hybridized carbons (Fsp3) is 0.400. The standard InChI is InChI=1S/C10H14O/c1-3-9(2)10(11)7-5-4-6-8-10/h4-7,11H,2-3,8H2,1H3. The highest BCUT2D eigenvalue weighted by Gasteiger charge is 2.25. The molecule has 0 fully saturated rings. The molecule has 0 aromatic heterocycles. The van der Waals surface area contributed by atoms with Crippen molar-refractivity contribution in [3.63, 3.8) is 0 Å². The summed E-state index contributed by atoms with van der Waals surface area (Å²) in [5, 5.41) is 9.90. The van der Waals surface area contributed by atoms with E-state index in [4.69, 9.17) is 0 Å². The maximum atomic E-state index is 9.90. The molecule has 0 aliphatic heterocycles. The zero-order valence-corrected chi connectivity index (χ0v) is 6.88. The van der Waals surface area contributed by atoms with Gasteiger partial charge in [-0.25, -0.2) is 0 Å². The van der Waals surface area contributed by atoms with Crippen LogP contribution in [0.25, 0.3) is 0 Å². The summed E-state index contributed by atoms with van der Waals surface area (Å²) in [7, 11) is 0. The van der Waals surface area contributed by atoms with Gasteiger partial charge in [0, 0.05) is 6.42 Å². The molecule has 1 nitrogen and oxygen atoms in total. The van der Waals surface area contributed by atoms with E-state index in [1.165, 1.54) is 0 Å². The second kappa shape index (κ2) is 3.05. The van der Waals surface area contributed by atoms with Crippen molar-refractivity contribution >= 4 is 0 Å². The molecule has 1 unspecified atom stereocenters. The van der Waals surface area contributed by atoms with Gasteiger partial charge in [0.05, 0.1) is 0 Å². The Hall–Kier alpha value is -0.820. The normalized spacial score (nSPS) is 28.9. The topological polar surface area (TPSA) is 20.2 Å². The Morgan fingerprint density at radius 1 is 1.64 bits per heavy atom. The second-order valence-corrected chi connectivity index (χ2v) is 2.87. The van der Waals surface area contributed by atoms with Crippen LogP contribution in [0.2, 0.25) is 0 Å². The first-order chi connectivity index (χ1) is 5.19. The SMILES string of the molecule is C=C(CC)C1(O)C=CC=CC1. The van der Waals surface area contributed by atoms with Gasteiger partial charge in [0.2, 0.25) is 0 Å². The Morgan fingerprint density at radius 3 is 2.82 bits per heavy atom. The van der Waals surface area contributed by atoms with Gasteiger partial charge < -0.3 is 5.11 Å². The van der Waals surface area contributed by atoms with Crippen LogP contribution in [0, 0.1) is 0 Å². The van der Waals surface area contributed by atoms with E-state index in [0.29, 0.717) is 6.42 Å². The fourth-order valence-electron chi connectivity index (χ4n) is 1.18. The molecular weight excluding hydrogens is 136 g/mol. The highest BCUT2D eigenvalue weighted by molar-refractivity contribution is 5.29. The molecule has 1 N–H and O–H groups in total. The van der Waals surface area contributed by atoms with E-state index in [0.717, 1.165) is 12.0 Å². The predicted molar refractivity (Wildman–Crippen MR) is 47.3 cm³/mol. The van der Waals surface area contributed by atoms with Crippen molar-refractivity contribution in [3.8, 4) is 0 Å². The van der Waals surface area contributed by atoms with Gasteiger partial charge in [-0.05, 0) is 18.1 Å². The molecule has 0 radical (unpaired) electrons. The van der Waals surface area contributed by atoms with Crippen LogP contribution >= 0.6 is 0 Å². The van der Waals surface area contributed by atoms with Crippen LogP contribution < -0.4 is 0 Å². The van der Waals surface area contributed by atoms with Crippen molar-refractivity contribution in [2.45, 2.75) is 25.4 Å². The van der Waals surface area contributed by atoms with Crippen LogP contribution in [-0.2, 0) is 0 Å². The van der Waals surface area contributed by atoms with E-state index in [9.17, 15) is 5.11 Å². The van der Waals surface area contributed by atoms with E-state index < -0.39 is 5.60 Å². The first kappa shape index (κ1) is 8.28. The molecule has 0 saturated carbocycles. The zero-order chi connectivity index (χ0) is 8.32. The third-order valence-corrected chi connectivity index (χ3v) is 2.09.